The zero-order chi connectivity index (χ0) is 8.48. The minimum atomic E-state index is -3.36. The molecule has 0 N–H and O–H groups in total. The van der Waals surface area contributed by atoms with Gasteiger partial charge >= 0.3 is 6.08 Å². The normalized spacial score (nSPS) is 28.5. The second-order valence-electron chi connectivity index (χ2n) is 2.24. The minimum Gasteiger partial charge on any atom is -0.453 e. The SMILES string of the molecule is COC1=NS(=O)(=O)C[C@H](C)O1. The van der Waals surface area contributed by atoms with E-state index in [-0.39, 0.29) is 17.9 Å². The molecule has 0 bridgehead atoms. The predicted molar refractivity (Wildman–Crippen MR) is 38.8 cm³/mol. The first-order valence-electron chi connectivity index (χ1n) is 3.07. The summed E-state index contributed by atoms with van der Waals surface area (Å²) >= 11 is 0. The molecule has 6 heteroatoms. The van der Waals surface area contributed by atoms with Gasteiger partial charge in [0, 0.05) is 0 Å². The van der Waals surface area contributed by atoms with Crippen molar-refractivity contribution in [3.63, 3.8) is 0 Å². The molecule has 0 spiro atoms. The molecule has 0 aliphatic carbocycles. The molecule has 0 unspecified atom stereocenters. The molecular formula is C5H9NO4S. The van der Waals surface area contributed by atoms with Gasteiger partial charge in [0.05, 0.1) is 7.11 Å². The second-order valence-corrected chi connectivity index (χ2v) is 3.92. The molecule has 1 rings (SSSR count). The van der Waals surface area contributed by atoms with E-state index in [4.69, 9.17) is 4.74 Å². The van der Waals surface area contributed by atoms with E-state index in [1.54, 1.807) is 6.92 Å². The molecule has 0 saturated heterocycles. The monoisotopic (exact) mass is 179 g/mol. The summed E-state index contributed by atoms with van der Waals surface area (Å²) in [6, 6.07) is 0. The van der Waals surface area contributed by atoms with Crippen molar-refractivity contribution in [1.29, 1.82) is 0 Å². The van der Waals surface area contributed by atoms with Crippen molar-refractivity contribution in [2.75, 3.05) is 12.9 Å². The van der Waals surface area contributed by atoms with Crippen LogP contribution < -0.4 is 0 Å². The maximum atomic E-state index is 10.9. The smallest absolute Gasteiger partial charge is 0.399 e. The highest BCUT2D eigenvalue weighted by Crippen LogP contribution is 2.08. The maximum absolute atomic E-state index is 10.9. The van der Waals surface area contributed by atoms with Crippen LogP contribution in [0.3, 0.4) is 0 Å². The molecular weight excluding hydrogens is 170 g/mol. The average molecular weight is 179 g/mol. The minimum absolute atomic E-state index is 0.0835. The molecule has 11 heavy (non-hydrogen) atoms. The highest BCUT2D eigenvalue weighted by Gasteiger charge is 2.25. The lowest BCUT2D eigenvalue weighted by Crippen LogP contribution is -2.30. The lowest BCUT2D eigenvalue weighted by Gasteiger charge is -2.17. The van der Waals surface area contributed by atoms with Crippen LogP contribution >= 0.6 is 0 Å². The van der Waals surface area contributed by atoms with Gasteiger partial charge < -0.3 is 9.47 Å². The van der Waals surface area contributed by atoms with Crippen molar-refractivity contribution in [1.82, 2.24) is 0 Å². The van der Waals surface area contributed by atoms with Crippen molar-refractivity contribution in [3.05, 3.63) is 0 Å². The van der Waals surface area contributed by atoms with Crippen LogP contribution in [0, 0.1) is 0 Å². The zero-order valence-corrected chi connectivity index (χ0v) is 7.09. The molecule has 0 aromatic heterocycles. The largest absolute Gasteiger partial charge is 0.453 e. The van der Waals surface area contributed by atoms with Crippen LogP contribution in [0.4, 0.5) is 0 Å². The van der Waals surface area contributed by atoms with Gasteiger partial charge in [-0.05, 0) is 6.92 Å². The molecule has 0 aromatic rings. The first-order valence-corrected chi connectivity index (χ1v) is 4.68. The second kappa shape index (κ2) is 2.69. The summed E-state index contributed by atoms with van der Waals surface area (Å²) < 4.78 is 34.5. The summed E-state index contributed by atoms with van der Waals surface area (Å²) in [5.74, 6) is -0.0835. The molecule has 0 aromatic carbocycles. The van der Waals surface area contributed by atoms with E-state index in [0.29, 0.717) is 0 Å². The van der Waals surface area contributed by atoms with E-state index in [1.165, 1.54) is 7.11 Å². The van der Waals surface area contributed by atoms with Gasteiger partial charge in [-0.3, -0.25) is 0 Å². The summed E-state index contributed by atoms with van der Waals surface area (Å²) in [6.07, 6.45) is -0.559. The van der Waals surface area contributed by atoms with Crippen molar-refractivity contribution in [2.24, 2.45) is 4.40 Å². The Morgan fingerprint density at radius 1 is 1.73 bits per heavy atom. The topological polar surface area (TPSA) is 65.0 Å². The fourth-order valence-electron chi connectivity index (χ4n) is 0.760. The van der Waals surface area contributed by atoms with E-state index >= 15 is 0 Å². The summed E-state index contributed by atoms with van der Waals surface area (Å²) in [5, 5.41) is 0. The van der Waals surface area contributed by atoms with E-state index < -0.39 is 10.0 Å². The maximum Gasteiger partial charge on any atom is 0.399 e. The number of hydrogen-bond donors (Lipinski definition) is 0. The molecule has 64 valence electrons. The van der Waals surface area contributed by atoms with Crippen LogP contribution in [-0.4, -0.2) is 33.5 Å². The highest BCUT2D eigenvalue weighted by molar-refractivity contribution is 7.90. The van der Waals surface area contributed by atoms with Crippen LogP contribution in [0.15, 0.2) is 4.40 Å². The number of hydrogen-bond acceptors (Lipinski definition) is 4. The third-order valence-corrected chi connectivity index (χ3v) is 2.45. The summed E-state index contributed by atoms with van der Waals surface area (Å²) in [6.45, 7) is 1.64. The van der Waals surface area contributed by atoms with Crippen LogP contribution in [-0.2, 0) is 19.5 Å². The van der Waals surface area contributed by atoms with E-state index in [1.807, 2.05) is 0 Å². The van der Waals surface area contributed by atoms with Crippen LogP contribution in [0.1, 0.15) is 6.92 Å². The number of nitrogens with zero attached hydrogens (tertiary/aromatic N) is 1. The molecule has 1 aliphatic rings. The Balaban J connectivity index is 2.92. The fourth-order valence-corrected chi connectivity index (χ4v) is 1.84. The lowest BCUT2D eigenvalue weighted by atomic mass is 10.5. The standard InChI is InChI=1S/C5H9NO4S/c1-4-3-11(7,8)6-5(9-2)10-4/h4H,3H2,1-2H3/t4-/m0/s1. The Morgan fingerprint density at radius 2 is 2.36 bits per heavy atom. The van der Waals surface area contributed by atoms with E-state index in [0.717, 1.165) is 0 Å². The molecule has 1 atom stereocenters. The number of ether oxygens (including phenoxy) is 2. The predicted octanol–water partition coefficient (Wildman–Crippen LogP) is -0.263. The van der Waals surface area contributed by atoms with Gasteiger partial charge in [0.2, 0.25) is 0 Å². The van der Waals surface area contributed by atoms with Gasteiger partial charge in [-0.2, -0.15) is 0 Å². The Hall–Kier alpha value is -0.780. The molecule has 0 amide bonds. The van der Waals surface area contributed by atoms with Crippen LogP contribution in [0.2, 0.25) is 0 Å². The summed E-state index contributed by atoms with van der Waals surface area (Å²) in [4.78, 5) is 0. The molecule has 5 nitrogen and oxygen atoms in total. The Morgan fingerprint density at radius 3 is 2.82 bits per heavy atom. The third kappa shape index (κ3) is 2.07. The van der Waals surface area contributed by atoms with Crippen molar-refractivity contribution in [2.45, 2.75) is 13.0 Å². The Labute approximate surface area is 65.1 Å². The summed E-state index contributed by atoms with van der Waals surface area (Å²) in [7, 11) is -2.04. The first kappa shape index (κ1) is 8.32. The Bertz CT molecular complexity index is 268. The van der Waals surface area contributed by atoms with Gasteiger partial charge in [0.1, 0.15) is 11.9 Å². The van der Waals surface area contributed by atoms with Gasteiger partial charge in [-0.25, -0.2) is 8.42 Å². The number of rotatable bonds is 0. The fraction of sp³-hybridized carbons (Fsp3) is 0.800. The van der Waals surface area contributed by atoms with Gasteiger partial charge in [0.15, 0.2) is 0 Å². The molecule has 0 radical (unpaired) electrons. The van der Waals surface area contributed by atoms with Crippen LogP contribution in [0.5, 0.6) is 0 Å². The third-order valence-electron chi connectivity index (χ3n) is 1.14. The molecule has 0 fully saturated rings. The highest BCUT2D eigenvalue weighted by atomic mass is 32.2. The van der Waals surface area contributed by atoms with Gasteiger partial charge in [0.25, 0.3) is 10.0 Å². The number of sulfonamides is 1. The summed E-state index contributed by atoms with van der Waals surface area (Å²) in [5.41, 5.74) is 0. The zero-order valence-electron chi connectivity index (χ0n) is 6.27. The van der Waals surface area contributed by atoms with Crippen molar-refractivity contribution < 1.29 is 17.9 Å². The molecule has 1 heterocycles. The van der Waals surface area contributed by atoms with E-state index in [2.05, 4.69) is 9.13 Å². The molecule has 0 saturated carbocycles. The van der Waals surface area contributed by atoms with E-state index in [9.17, 15) is 8.42 Å². The van der Waals surface area contributed by atoms with Crippen molar-refractivity contribution >= 4 is 16.1 Å². The first-order chi connectivity index (χ1) is 5.03. The van der Waals surface area contributed by atoms with Crippen molar-refractivity contribution in [3.8, 4) is 0 Å². The van der Waals surface area contributed by atoms with Gasteiger partial charge in [-0.15, -0.1) is 0 Å². The Kier molecular flexibility index (Phi) is 2.03. The quantitative estimate of drug-likeness (QED) is 0.513. The lowest BCUT2D eigenvalue weighted by molar-refractivity contribution is 0.148. The van der Waals surface area contributed by atoms with Gasteiger partial charge in [-0.1, -0.05) is 4.40 Å². The average Bonchev–Trinajstić information content (AvgIpc) is 1.83. The number of methoxy groups -OCH3 is 1. The van der Waals surface area contributed by atoms with Crippen LogP contribution in [0.25, 0.3) is 0 Å². The molecule has 1 aliphatic heterocycles.